The number of hydrogen-bond donors (Lipinski definition) is 0. The molecule has 1 saturated heterocycles. The summed E-state index contributed by atoms with van der Waals surface area (Å²) in [5.41, 5.74) is 0. The van der Waals surface area contributed by atoms with Crippen LogP contribution in [0.25, 0.3) is 15.8 Å². The molecular formula is C16H17NOS2. The first kappa shape index (κ1) is 13.6. The minimum Gasteiger partial charge on any atom is -0.363 e. The van der Waals surface area contributed by atoms with Gasteiger partial charge in [-0.05, 0) is 55.7 Å². The van der Waals surface area contributed by atoms with Crippen molar-refractivity contribution < 1.29 is 4.79 Å². The van der Waals surface area contributed by atoms with Gasteiger partial charge in [-0.3, -0.25) is 4.79 Å². The number of carbonyl (C=O) groups excluding carboxylic acids is 1. The summed E-state index contributed by atoms with van der Waals surface area (Å²) in [7, 11) is 0. The van der Waals surface area contributed by atoms with Crippen molar-refractivity contribution in [3.63, 3.8) is 0 Å². The number of allylic oxidation sites excluding steroid dienone is 1. The van der Waals surface area contributed by atoms with E-state index in [0.717, 1.165) is 11.2 Å². The molecule has 4 heteroatoms. The van der Waals surface area contributed by atoms with Gasteiger partial charge in [-0.15, -0.1) is 22.7 Å². The normalized spacial score (nSPS) is 15.9. The molecule has 1 fully saturated rings. The third-order valence-electron chi connectivity index (χ3n) is 3.47. The Morgan fingerprint density at radius 1 is 0.950 bits per heavy atom. The summed E-state index contributed by atoms with van der Waals surface area (Å²) >= 11 is 3.60. The van der Waals surface area contributed by atoms with Crippen molar-refractivity contribution >= 4 is 40.0 Å². The maximum absolute atomic E-state index is 10.3. The van der Waals surface area contributed by atoms with Crippen LogP contribution in [0.1, 0.15) is 24.1 Å². The van der Waals surface area contributed by atoms with E-state index in [1.165, 1.54) is 47.1 Å². The topological polar surface area (TPSA) is 20.3 Å². The summed E-state index contributed by atoms with van der Waals surface area (Å²) in [6.07, 6.45) is 8.22. The lowest BCUT2D eigenvalue weighted by atomic mass is 10.1. The number of carbonyl (C=O) groups is 1. The smallest absolute Gasteiger partial charge is 0.142 e. The van der Waals surface area contributed by atoms with Gasteiger partial charge in [-0.2, -0.15) is 0 Å². The molecule has 1 aliphatic heterocycles. The number of piperidine rings is 1. The van der Waals surface area contributed by atoms with E-state index < -0.39 is 0 Å². The Morgan fingerprint density at radius 2 is 1.70 bits per heavy atom. The van der Waals surface area contributed by atoms with Gasteiger partial charge in [-0.25, -0.2) is 0 Å². The SMILES string of the molecule is O=C/C=C/c1ccc(-c2ccc(N3CCCCC3)s2)s1. The van der Waals surface area contributed by atoms with Crippen LogP contribution in [0, 0.1) is 0 Å². The quantitative estimate of drug-likeness (QED) is 0.604. The lowest BCUT2D eigenvalue weighted by Gasteiger charge is -2.27. The van der Waals surface area contributed by atoms with E-state index in [2.05, 4.69) is 29.2 Å². The average molecular weight is 303 g/mol. The highest BCUT2D eigenvalue weighted by molar-refractivity contribution is 7.24. The van der Waals surface area contributed by atoms with E-state index >= 15 is 0 Å². The molecule has 104 valence electrons. The monoisotopic (exact) mass is 303 g/mol. The van der Waals surface area contributed by atoms with Gasteiger partial charge in [0, 0.05) is 27.7 Å². The second-order valence-corrected chi connectivity index (χ2v) is 7.06. The minimum atomic E-state index is 0.818. The summed E-state index contributed by atoms with van der Waals surface area (Å²) in [4.78, 5) is 16.6. The van der Waals surface area contributed by atoms with Gasteiger partial charge in [0.1, 0.15) is 6.29 Å². The molecule has 0 unspecified atom stereocenters. The lowest BCUT2D eigenvalue weighted by Crippen LogP contribution is -2.28. The maximum atomic E-state index is 10.3. The van der Waals surface area contributed by atoms with Gasteiger partial charge in [0.2, 0.25) is 0 Å². The zero-order valence-electron chi connectivity index (χ0n) is 11.2. The van der Waals surface area contributed by atoms with Crippen molar-refractivity contribution in [1.82, 2.24) is 0 Å². The Labute approximate surface area is 127 Å². The molecule has 0 spiro atoms. The molecule has 0 atom stereocenters. The second kappa shape index (κ2) is 6.37. The zero-order chi connectivity index (χ0) is 13.8. The maximum Gasteiger partial charge on any atom is 0.142 e. The Kier molecular flexibility index (Phi) is 4.33. The van der Waals surface area contributed by atoms with Gasteiger partial charge in [-0.1, -0.05) is 0 Å². The molecule has 0 aromatic carbocycles. The summed E-state index contributed by atoms with van der Waals surface area (Å²) in [5.74, 6) is 0. The van der Waals surface area contributed by atoms with Crippen molar-refractivity contribution in [2.75, 3.05) is 18.0 Å². The molecular weight excluding hydrogens is 286 g/mol. The summed E-state index contributed by atoms with van der Waals surface area (Å²) in [5, 5.41) is 1.39. The first-order chi connectivity index (χ1) is 9.86. The highest BCUT2D eigenvalue weighted by Gasteiger charge is 2.13. The van der Waals surface area contributed by atoms with Gasteiger partial charge in [0.15, 0.2) is 0 Å². The number of rotatable bonds is 4. The van der Waals surface area contributed by atoms with Crippen molar-refractivity contribution in [3.05, 3.63) is 35.2 Å². The molecule has 2 aromatic heterocycles. The lowest BCUT2D eigenvalue weighted by molar-refractivity contribution is -0.104. The molecule has 0 aliphatic carbocycles. The van der Waals surface area contributed by atoms with E-state index in [0.29, 0.717) is 0 Å². The van der Waals surface area contributed by atoms with Crippen LogP contribution in [0.15, 0.2) is 30.3 Å². The van der Waals surface area contributed by atoms with Crippen LogP contribution < -0.4 is 4.90 Å². The van der Waals surface area contributed by atoms with E-state index in [1.807, 2.05) is 17.4 Å². The van der Waals surface area contributed by atoms with Gasteiger partial charge < -0.3 is 4.90 Å². The Hall–Kier alpha value is -1.39. The standard InChI is InChI=1S/C16H17NOS2/c18-12-4-5-13-6-7-14(19-13)15-8-9-16(20-15)17-10-2-1-3-11-17/h4-9,12H,1-3,10-11H2/b5-4+. The third-order valence-corrected chi connectivity index (χ3v) is 5.86. The molecule has 3 heterocycles. The van der Waals surface area contributed by atoms with Crippen molar-refractivity contribution in [2.24, 2.45) is 0 Å². The van der Waals surface area contributed by atoms with Crippen molar-refractivity contribution in [2.45, 2.75) is 19.3 Å². The number of aldehydes is 1. The fourth-order valence-electron chi connectivity index (χ4n) is 2.45. The zero-order valence-corrected chi connectivity index (χ0v) is 12.9. The summed E-state index contributed by atoms with van der Waals surface area (Å²) in [6.45, 7) is 2.38. The molecule has 0 N–H and O–H groups in total. The molecule has 0 radical (unpaired) electrons. The van der Waals surface area contributed by atoms with Gasteiger partial charge >= 0.3 is 0 Å². The molecule has 0 bridgehead atoms. The molecule has 2 nitrogen and oxygen atoms in total. The molecule has 0 amide bonds. The molecule has 20 heavy (non-hydrogen) atoms. The van der Waals surface area contributed by atoms with Crippen LogP contribution in [-0.4, -0.2) is 19.4 Å². The summed E-state index contributed by atoms with van der Waals surface area (Å²) in [6, 6.07) is 8.67. The van der Waals surface area contributed by atoms with Crippen LogP contribution >= 0.6 is 22.7 Å². The second-order valence-electron chi connectivity index (χ2n) is 4.88. The number of thiophene rings is 2. The van der Waals surface area contributed by atoms with E-state index in [9.17, 15) is 4.79 Å². The highest BCUT2D eigenvalue weighted by atomic mass is 32.1. The Balaban J connectivity index is 1.77. The Morgan fingerprint density at radius 3 is 2.50 bits per heavy atom. The first-order valence-corrected chi connectivity index (χ1v) is 8.57. The van der Waals surface area contributed by atoms with Crippen LogP contribution in [-0.2, 0) is 4.79 Å². The Bertz CT molecular complexity index is 606. The first-order valence-electron chi connectivity index (χ1n) is 6.93. The van der Waals surface area contributed by atoms with Crippen molar-refractivity contribution in [1.29, 1.82) is 0 Å². The fraction of sp³-hybridized carbons (Fsp3) is 0.312. The molecule has 0 saturated carbocycles. The number of nitrogens with zero attached hydrogens (tertiary/aromatic N) is 1. The third kappa shape index (κ3) is 3.02. The van der Waals surface area contributed by atoms with E-state index in [4.69, 9.17) is 0 Å². The minimum absolute atomic E-state index is 0.818. The molecule has 3 rings (SSSR count). The predicted octanol–water partition coefficient (Wildman–Crippen LogP) is 4.68. The van der Waals surface area contributed by atoms with Crippen LogP contribution in [0.5, 0.6) is 0 Å². The molecule has 2 aromatic rings. The largest absolute Gasteiger partial charge is 0.363 e. The fourth-order valence-corrected chi connectivity index (χ4v) is 4.52. The average Bonchev–Trinajstić information content (AvgIpc) is 3.15. The van der Waals surface area contributed by atoms with Crippen molar-refractivity contribution in [3.8, 4) is 9.75 Å². The van der Waals surface area contributed by atoms with Crippen LogP contribution in [0.3, 0.4) is 0 Å². The number of hydrogen-bond acceptors (Lipinski definition) is 4. The van der Waals surface area contributed by atoms with E-state index in [1.54, 1.807) is 17.4 Å². The van der Waals surface area contributed by atoms with Crippen LogP contribution in [0.4, 0.5) is 5.00 Å². The highest BCUT2D eigenvalue weighted by Crippen LogP contribution is 2.38. The molecule has 1 aliphatic rings. The van der Waals surface area contributed by atoms with Gasteiger partial charge in [0.25, 0.3) is 0 Å². The van der Waals surface area contributed by atoms with Gasteiger partial charge in [0.05, 0.1) is 5.00 Å². The van der Waals surface area contributed by atoms with Crippen LogP contribution in [0.2, 0.25) is 0 Å². The number of anilines is 1. The predicted molar refractivity (Wildman–Crippen MR) is 88.8 cm³/mol. The van der Waals surface area contributed by atoms with E-state index in [-0.39, 0.29) is 0 Å². The summed E-state index contributed by atoms with van der Waals surface area (Å²) < 4.78 is 0.